The van der Waals surface area contributed by atoms with E-state index < -0.39 is 0 Å². The van der Waals surface area contributed by atoms with Gasteiger partial charge in [0.1, 0.15) is 11.6 Å². The molecule has 2 aliphatic rings. The summed E-state index contributed by atoms with van der Waals surface area (Å²) in [6.07, 6.45) is 4.28. The maximum absolute atomic E-state index is 13.6. The number of hydrogen-bond donors (Lipinski definition) is 0. The zero-order valence-electron chi connectivity index (χ0n) is 21.4. The van der Waals surface area contributed by atoms with Crippen LogP contribution in [0.25, 0.3) is 0 Å². The van der Waals surface area contributed by atoms with Crippen LogP contribution < -0.4 is 0 Å². The first-order valence-corrected chi connectivity index (χ1v) is 13.1. The normalized spacial score (nSPS) is 20.1. The standard InChI is InChI=1S/C29H39F2N3O/c1-4-29(2,3)15-17-32-16-5-6-26(32)28(35)34-20-18-33(19-21-34)27(22-7-11-24(30)12-8-22)23-9-13-25(31)14-10-23/h7-14,26-27H,4-6,15-21H2,1-3H3. The number of likely N-dealkylation sites (tertiary alicyclic amines) is 1. The summed E-state index contributed by atoms with van der Waals surface area (Å²) >= 11 is 0. The third-order valence-corrected chi connectivity index (χ3v) is 8.04. The van der Waals surface area contributed by atoms with Crippen LogP contribution in [-0.2, 0) is 4.79 Å². The molecule has 0 aliphatic carbocycles. The van der Waals surface area contributed by atoms with Crippen molar-refractivity contribution in [2.45, 2.75) is 58.5 Å². The van der Waals surface area contributed by atoms with E-state index >= 15 is 0 Å². The summed E-state index contributed by atoms with van der Waals surface area (Å²) in [5.74, 6) is -0.285. The van der Waals surface area contributed by atoms with Crippen molar-refractivity contribution in [2.24, 2.45) is 5.41 Å². The van der Waals surface area contributed by atoms with Gasteiger partial charge in [-0.3, -0.25) is 14.6 Å². The number of halogens is 2. The molecule has 190 valence electrons. The number of amides is 1. The van der Waals surface area contributed by atoms with E-state index in [-0.39, 0.29) is 29.6 Å². The lowest BCUT2D eigenvalue weighted by Gasteiger charge is -2.41. The molecule has 0 aromatic heterocycles. The number of piperazine rings is 1. The predicted octanol–water partition coefficient (Wildman–Crippen LogP) is 5.49. The summed E-state index contributed by atoms with van der Waals surface area (Å²) in [6.45, 7) is 11.6. The summed E-state index contributed by atoms with van der Waals surface area (Å²) in [4.78, 5) is 20.2. The van der Waals surface area contributed by atoms with Crippen LogP contribution in [0.3, 0.4) is 0 Å². The molecule has 0 N–H and O–H groups in total. The Morgan fingerprint density at radius 1 is 0.914 bits per heavy atom. The molecule has 2 aromatic rings. The van der Waals surface area contributed by atoms with E-state index in [1.165, 1.54) is 24.3 Å². The number of carbonyl (C=O) groups excluding carboxylic acids is 1. The topological polar surface area (TPSA) is 26.8 Å². The molecule has 0 radical (unpaired) electrons. The van der Waals surface area contributed by atoms with Gasteiger partial charge in [0, 0.05) is 26.2 Å². The summed E-state index contributed by atoms with van der Waals surface area (Å²) in [5.41, 5.74) is 2.24. The molecule has 0 spiro atoms. The maximum Gasteiger partial charge on any atom is 0.240 e. The quantitative estimate of drug-likeness (QED) is 0.497. The second-order valence-corrected chi connectivity index (χ2v) is 10.8. The summed E-state index contributed by atoms with van der Waals surface area (Å²) in [7, 11) is 0. The van der Waals surface area contributed by atoms with E-state index in [0.29, 0.717) is 18.5 Å². The number of nitrogens with zero attached hydrogens (tertiary/aromatic N) is 3. The molecule has 1 amide bonds. The molecule has 35 heavy (non-hydrogen) atoms. The Morgan fingerprint density at radius 2 is 1.46 bits per heavy atom. The fraction of sp³-hybridized carbons (Fsp3) is 0.552. The van der Waals surface area contributed by atoms with Crippen LogP contribution in [0.1, 0.15) is 63.6 Å². The van der Waals surface area contributed by atoms with E-state index in [1.54, 1.807) is 24.3 Å². The third-order valence-electron chi connectivity index (χ3n) is 8.04. The zero-order chi connectivity index (χ0) is 25.0. The first kappa shape index (κ1) is 25.8. The van der Waals surface area contributed by atoms with Gasteiger partial charge < -0.3 is 4.90 Å². The Bertz CT molecular complexity index is 923. The Balaban J connectivity index is 1.42. The number of benzene rings is 2. The van der Waals surface area contributed by atoms with Gasteiger partial charge in [-0.15, -0.1) is 0 Å². The molecule has 0 bridgehead atoms. The Labute approximate surface area is 208 Å². The van der Waals surface area contributed by atoms with Crippen molar-refractivity contribution in [3.05, 3.63) is 71.3 Å². The highest BCUT2D eigenvalue weighted by atomic mass is 19.1. The molecular weight excluding hydrogens is 444 g/mol. The van der Waals surface area contributed by atoms with E-state index in [1.807, 2.05) is 4.90 Å². The second kappa shape index (κ2) is 11.2. The van der Waals surface area contributed by atoms with Gasteiger partial charge in [0.2, 0.25) is 5.91 Å². The van der Waals surface area contributed by atoms with Gasteiger partial charge in [-0.2, -0.15) is 0 Å². The molecule has 2 heterocycles. The van der Waals surface area contributed by atoms with Crippen molar-refractivity contribution in [1.82, 2.24) is 14.7 Å². The van der Waals surface area contributed by atoms with Gasteiger partial charge >= 0.3 is 0 Å². The van der Waals surface area contributed by atoms with Gasteiger partial charge in [-0.25, -0.2) is 8.78 Å². The molecular formula is C29H39F2N3O. The van der Waals surface area contributed by atoms with Crippen LogP contribution in [0.2, 0.25) is 0 Å². The Kier molecular flexibility index (Phi) is 8.23. The first-order valence-electron chi connectivity index (χ1n) is 13.1. The molecule has 4 rings (SSSR count). The van der Waals surface area contributed by atoms with Crippen molar-refractivity contribution in [3.63, 3.8) is 0 Å². The highest BCUT2D eigenvalue weighted by Crippen LogP contribution is 2.31. The van der Waals surface area contributed by atoms with Gasteiger partial charge in [0.05, 0.1) is 12.1 Å². The summed E-state index contributed by atoms with van der Waals surface area (Å²) in [6, 6.07) is 13.0. The number of hydrogen-bond acceptors (Lipinski definition) is 3. The zero-order valence-corrected chi connectivity index (χ0v) is 21.4. The summed E-state index contributed by atoms with van der Waals surface area (Å²) in [5, 5.41) is 0. The van der Waals surface area contributed by atoms with E-state index in [0.717, 1.165) is 63.0 Å². The summed E-state index contributed by atoms with van der Waals surface area (Å²) < 4.78 is 27.2. The van der Waals surface area contributed by atoms with Gasteiger partial charge in [0.25, 0.3) is 0 Å². The van der Waals surface area contributed by atoms with Crippen molar-refractivity contribution in [1.29, 1.82) is 0 Å². The smallest absolute Gasteiger partial charge is 0.240 e. The van der Waals surface area contributed by atoms with Crippen molar-refractivity contribution >= 4 is 5.91 Å². The van der Waals surface area contributed by atoms with E-state index in [4.69, 9.17) is 0 Å². The van der Waals surface area contributed by atoms with E-state index in [2.05, 4.69) is 30.6 Å². The van der Waals surface area contributed by atoms with Crippen LogP contribution in [0, 0.1) is 17.0 Å². The highest BCUT2D eigenvalue weighted by Gasteiger charge is 2.36. The lowest BCUT2D eigenvalue weighted by atomic mass is 9.86. The molecule has 1 atom stereocenters. The molecule has 2 saturated heterocycles. The molecule has 0 saturated carbocycles. The fourth-order valence-corrected chi connectivity index (χ4v) is 5.31. The first-order chi connectivity index (χ1) is 16.8. The van der Waals surface area contributed by atoms with Gasteiger partial charge in [-0.05, 0) is 73.2 Å². The van der Waals surface area contributed by atoms with E-state index in [9.17, 15) is 13.6 Å². The molecule has 6 heteroatoms. The minimum Gasteiger partial charge on any atom is -0.339 e. The largest absolute Gasteiger partial charge is 0.339 e. The Morgan fingerprint density at radius 3 is 1.97 bits per heavy atom. The van der Waals surface area contributed by atoms with Crippen LogP contribution in [0.4, 0.5) is 8.78 Å². The van der Waals surface area contributed by atoms with Crippen molar-refractivity contribution < 1.29 is 13.6 Å². The SMILES string of the molecule is CCC(C)(C)CCN1CCCC1C(=O)N1CCN(C(c2ccc(F)cc2)c2ccc(F)cc2)CC1. The molecule has 4 nitrogen and oxygen atoms in total. The highest BCUT2D eigenvalue weighted by molar-refractivity contribution is 5.82. The lowest BCUT2D eigenvalue weighted by Crippen LogP contribution is -2.54. The van der Waals surface area contributed by atoms with Gasteiger partial charge in [0.15, 0.2) is 0 Å². The molecule has 2 fully saturated rings. The average molecular weight is 484 g/mol. The minimum absolute atomic E-state index is 0.000741. The monoisotopic (exact) mass is 483 g/mol. The number of carbonyl (C=O) groups is 1. The van der Waals surface area contributed by atoms with Crippen LogP contribution in [0.5, 0.6) is 0 Å². The molecule has 2 aliphatic heterocycles. The second-order valence-electron chi connectivity index (χ2n) is 10.8. The lowest BCUT2D eigenvalue weighted by molar-refractivity contribution is -0.138. The van der Waals surface area contributed by atoms with Crippen LogP contribution in [0.15, 0.2) is 48.5 Å². The van der Waals surface area contributed by atoms with Crippen LogP contribution >= 0.6 is 0 Å². The van der Waals surface area contributed by atoms with Crippen molar-refractivity contribution in [2.75, 3.05) is 39.3 Å². The third kappa shape index (κ3) is 6.28. The number of rotatable bonds is 8. The van der Waals surface area contributed by atoms with Gasteiger partial charge in [-0.1, -0.05) is 51.5 Å². The van der Waals surface area contributed by atoms with Crippen molar-refractivity contribution in [3.8, 4) is 0 Å². The average Bonchev–Trinajstić information content (AvgIpc) is 3.34. The maximum atomic E-state index is 13.6. The molecule has 2 aromatic carbocycles. The Hall–Kier alpha value is -2.31. The fourth-order valence-electron chi connectivity index (χ4n) is 5.31. The molecule has 1 unspecified atom stereocenters. The minimum atomic E-state index is -0.273. The predicted molar refractivity (Wildman–Crippen MR) is 136 cm³/mol. The van der Waals surface area contributed by atoms with Crippen LogP contribution in [-0.4, -0.2) is 65.9 Å².